The van der Waals surface area contributed by atoms with Crippen LogP contribution in [0.25, 0.3) is 5.76 Å². The smallest absolute Gasteiger partial charge is 0.268 e. The number of phenols is 2. The summed E-state index contributed by atoms with van der Waals surface area (Å²) in [6.07, 6.45) is 5.21. The van der Waals surface area contributed by atoms with E-state index in [1.54, 1.807) is 6.07 Å². The molecule has 2 aromatic carbocycles. The highest BCUT2D eigenvalue weighted by atomic mass is 35.5. The van der Waals surface area contributed by atoms with Gasteiger partial charge in [0.05, 0.1) is 5.56 Å². The molecule has 2 aromatic rings. The molecule has 0 heterocycles. The molecule has 0 aromatic heterocycles. The minimum Gasteiger partial charge on any atom is -0.506 e. The lowest BCUT2D eigenvalue weighted by Gasteiger charge is -2.18. The van der Waals surface area contributed by atoms with Gasteiger partial charge < -0.3 is 20.2 Å². The van der Waals surface area contributed by atoms with Crippen LogP contribution in [0.2, 0.25) is 5.02 Å². The second-order valence-corrected chi connectivity index (χ2v) is 6.20. The van der Waals surface area contributed by atoms with Gasteiger partial charge in [0.1, 0.15) is 17.6 Å². The van der Waals surface area contributed by atoms with E-state index in [2.05, 4.69) is 5.92 Å². The molecule has 142 valence electrons. The normalized spacial score (nSPS) is 11.2. The van der Waals surface area contributed by atoms with Crippen molar-refractivity contribution >= 4 is 23.3 Å². The summed E-state index contributed by atoms with van der Waals surface area (Å²) in [5.41, 5.74) is -0.814. The van der Waals surface area contributed by atoms with E-state index in [-0.39, 0.29) is 28.3 Å². The Kier molecular flexibility index (Phi) is 6.15. The van der Waals surface area contributed by atoms with Crippen LogP contribution in [0, 0.1) is 29.5 Å². The second kappa shape index (κ2) is 8.34. The van der Waals surface area contributed by atoms with Crippen molar-refractivity contribution in [1.82, 2.24) is 4.90 Å². The summed E-state index contributed by atoms with van der Waals surface area (Å²) >= 11 is 5.82. The quantitative estimate of drug-likeness (QED) is 0.240. The van der Waals surface area contributed by atoms with Crippen LogP contribution in [-0.2, 0) is 11.3 Å². The van der Waals surface area contributed by atoms with Crippen LogP contribution in [0.15, 0.2) is 35.9 Å². The van der Waals surface area contributed by atoms with Crippen LogP contribution in [0.5, 0.6) is 11.5 Å². The Hall–Kier alpha value is -3.68. The number of carbonyl (C=O) groups is 1. The Bertz CT molecular complexity index is 1070. The third kappa shape index (κ3) is 4.17. The number of aliphatic hydroxyl groups excluding tert-OH is 1. The van der Waals surface area contributed by atoms with Crippen molar-refractivity contribution in [1.29, 1.82) is 5.26 Å². The van der Waals surface area contributed by atoms with Crippen LogP contribution < -0.4 is 0 Å². The number of aromatic hydroxyl groups is 2. The molecular weight excluding hydrogens is 387 g/mol. The fraction of sp³-hybridized carbons (Fsp3) is 0.100. The zero-order valence-electron chi connectivity index (χ0n) is 14.6. The van der Waals surface area contributed by atoms with Crippen molar-refractivity contribution in [3.8, 4) is 29.9 Å². The second-order valence-electron chi connectivity index (χ2n) is 5.77. The number of likely N-dealkylation sites (N-methyl/N-ethyl adjacent to an activating group) is 1. The van der Waals surface area contributed by atoms with Crippen molar-refractivity contribution in [2.24, 2.45) is 0 Å². The summed E-state index contributed by atoms with van der Waals surface area (Å²) in [5, 5.41) is 39.3. The first kappa shape index (κ1) is 20.6. The number of benzene rings is 2. The van der Waals surface area contributed by atoms with E-state index < -0.39 is 34.6 Å². The van der Waals surface area contributed by atoms with E-state index in [1.807, 2.05) is 0 Å². The summed E-state index contributed by atoms with van der Waals surface area (Å²) in [6, 6.07) is 7.51. The maximum absolute atomic E-state index is 13.9. The molecular formula is C20H14ClFN2O4. The number of halogens is 2. The number of carbonyl (C=O) groups excluding carboxylic acids is 1. The highest BCUT2D eigenvalue weighted by Gasteiger charge is 2.22. The van der Waals surface area contributed by atoms with Gasteiger partial charge in [-0.3, -0.25) is 4.79 Å². The van der Waals surface area contributed by atoms with Crippen molar-refractivity contribution < 1.29 is 24.5 Å². The maximum atomic E-state index is 13.9. The predicted molar refractivity (Wildman–Crippen MR) is 101 cm³/mol. The van der Waals surface area contributed by atoms with Crippen molar-refractivity contribution in [2.75, 3.05) is 7.05 Å². The van der Waals surface area contributed by atoms with Gasteiger partial charge in [0.15, 0.2) is 17.1 Å². The van der Waals surface area contributed by atoms with Gasteiger partial charge in [0, 0.05) is 29.7 Å². The molecule has 0 saturated heterocycles. The van der Waals surface area contributed by atoms with E-state index in [0.29, 0.717) is 0 Å². The zero-order valence-corrected chi connectivity index (χ0v) is 15.3. The van der Waals surface area contributed by atoms with E-state index in [0.717, 1.165) is 23.1 Å². The molecule has 0 spiro atoms. The molecule has 0 saturated carbocycles. The Balaban J connectivity index is 2.41. The minimum atomic E-state index is -0.894. The lowest BCUT2D eigenvalue weighted by atomic mass is 10.0. The van der Waals surface area contributed by atoms with Gasteiger partial charge in [0.25, 0.3) is 5.91 Å². The third-order valence-corrected chi connectivity index (χ3v) is 4.08. The van der Waals surface area contributed by atoms with Crippen molar-refractivity contribution in [3.63, 3.8) is 0 Å². The number of amides is 1. The number of rotatable bonds is 4. The largest absolute Gasteiger partial charge is 0.506 e. The Labute approximate surface area is 165 Å². The van der Waals surface area contributed by atoms with Gasteiger partial charge in [-0.05, 0) is 30.3 Å². The van der Waals surface area contributed by atoms with Gasteiger partial charge in [-0.15, -0.1) is 6.42 Å². The number of hydrogen-bond acceptors (Lipinski definition) is 5. The monoisotopic (exact) mass is 400 g/mol. The molecule has 6 nitrogen and oxygen atoms in total. The fourth-order valence-electron chi connectivity index (χ4n) is 2.39. The lowest BCUT2D eigenvalue weighted by molar-refractivity contribution is -0.126. The summed E-state index contributed by atoms with van der Waals surface area (Å²) in [7, 11) is 1.31. The predicted octanol–water partition coefficient (Wildman–Crippen LogP) is 3.32. The van der Waals surface area contributed by atoms with E-state index in [1.165, 1.54) is 19.2 Å². The van der Waals surface area contributed by atoms with Crippen molar-refractivity contribution in [3.05, 3.63) is 63.4 Å². The molecule has 0 fully saturated rings. The summed E-state index contributed by atoms with van der Waals surface area (Å²) < 4.78 is 13.9. The first-order valence-corrected chi connectivity index (χ1v) is 8.13. The lowest BCUT2D eigenvalue weighted by Crippen LogP contribution is -2.28. The number of hydrogen-bond donors (Lipinski definition) is 3. The molecule has 0 aliphatic rings. The fourth-order valence-corrected chi connectivity index (χ4v) is 2.59. The zero-order chi connectivity index (χ0) is 21.0. The molecule has 28 heavy (non-hydrogen) atoms. The Morgan fingerprint density at radius 3 is 2.61 bits per heavy atom. The highest BCUT2D eigenvalue weighted by Crippen LogP contribution is 2.32. The molecule has 8 heteroatoms. The number of phenolic OH excluding ortho intramolecular Hbond substituents is 2. The van der Waals surface area contributed by atoms with Crippen LogP contribution in [0.4, 0.5) is 4.39 Å². The molecule has 0 aliphatic heterocycles. The summed E-state index contributed by atoms with van der Waals surface area (Å²) in [6.45, 7) is -0.208. The standard InChI is InChI=1S/C20H14ClFN2O4/c1-3-11-6-12(8-17(25)19(11)27)18(26)15(9-23)20(28)24(2)10-13-7-14(21)4-5-16(13)22/h1,4-8,25-27H,10H2,2H3/b18-15-. The molecule has 2 rings (SSSR count). The molecule has 0 atom stereocenters. The average molecular weight is 401 g/mol. The van der Waals surface area contributed by atoms with Crippen LogP contribution in [0.1, 0.15) is 16.7 Å². The summed E-state index contributed by atoms with van der Waals surface area (Å²) in [5.74, 6) is -1.32. The summed E-state index contributed by atoms with van der Waals surface area (Å²) in [4.78, 5) is 13.6. The topological polar surface area (TPSA) is 105 Å². The average Bonchev–Trinajstić information content (AvgIpc) is 2.66. The van der Waals surface area contributed by atoms with Gasteiger partial charge in [-0.1, -0.05) is 17.5 Å². The van der Waals surface area contributed by atoms with E-state index in [4.69, 9.17) is 18.0 Å². The highest BCUT2D eigenvalue weighted by molar-refractivity contribution is 6.30. The molecule has 0 radical (unpaired) electrons. The molecule has 0 bridgehead atoms. The van der Waals surface area contributed by atoms with Gasteiger partial charge in [-0.2, -0.15) is 5.26 Å². The first-order chi connectivity index (χ1) is 13.2. The molecule has 1 amide bonds. The number of nitriles is 1. The molecule has 3 N–H and O–H groups in total. The van der Waals surface area contributed by atoms with Crippen LogP contribution in [-0.4, -0.2) is 33.2 Å². The molecule has 0 aliphatic carbocycles. The van der Waals surface area contributed by atoms with E-state index in [9.17, 15) is 29.8 Å². The van der Waals surface area contributed by atoms with Crippen LogP contribution in [0.3, 0.4) is 0 Å². The number of terminal acetylenes is 1. The Morgan fingerprint density at radius 2 is 2.00 bits per heavy atom. The van der Waals surface area contributed by atoms with Gasteiger partial charge in [0.2, 0.25) is 0 Å². The number of nitrogens with zero attached hydrogens (tertiary/aromatic N) is 2. The molecule has 0 unspecified atom stereocenters. The van der Waals surface area contributed by atoms with Crippen molar-refractivity contribution in [2.45, 2.75) is 6.54 Å². The van der Waals surface area contributed by atoms with E-state index >= 15 is 0 Å². The minimum absolute atomic E-state index is 0.122. The number of aliphatic hydroxyl groups is 1. The van der Waals surface area contributed by atoms with Gasteiger partial charge >= 0.3 is 0 Å². The third-order valence-electron chi connectivity index (χ3n) is 3.84. The maximum Gasteiger partial charge on any atom is 0.268 e. The van der Waals surface area contributed by atoms with Crippen LogP contribution >= 0.6 is 11.6 Å². The Morgan fingerprint density at radius 1 is 1.32 bits per heavy atom. The first-order valence-electron chi connectivity index (χ1n) is 7.75. The van der Waals surface area contributed by atoms with Gasteiger partial charge in [-0.25, -0.2) is 4.39 Å². The SMILES string of the molecule is C#Cc1cc(/C(O)=C(\C#N)C(=O)N(C)Cc2cc(Cl)ccc2F)cc(O)c1O.